The first-order chi connectivity index (χ1) is 8.53. The Morgan fingerprint density at radius 2 is 2.39 bits per heavy atom. The molecule has 5 nitrogen and oxygen atoms in total. The molecule has 0 bridgehead atoms. The fourth-order valence-corrected chi connectivity index (χ4v) is 2.18. The summed E-state index contributed by atoms with van der Waals surface area (Å²) < 4.78 is 5.67. The Morgan fingerprint density at radius 1 is 1.61 bits per heavy atom. The topological polar surface area (TPSA) is 68.5 Å². The molecule has 1 aromatic rings. The quantitative estimate of drug-likeness (QED) is 0.849. The highest BCUT2D eigenvalue weighted by Crippen LogP contribution is 2.23. The van der Waals surface area contributed by atoms with Gasteiger partial charge in [0.15, 0.2) is 0 Å². The Labute approximate surface area is 107 Å². The number of rotatable bonds is 3. The minimum absolute atomic E-state index is 0.00365. The van der Waals surface area contributed by atoms with Crippen molar-refractivity contribution in [2.24, 2.45) is 5.73 Å². The van der Waals surface area contributed by atoms with E-state index < -0.39 is 5.60 Å². The first-order valence-electron chi connectivity index (χ1n) is 6.09. The second-order valence-electron chi connectivity index (χ2n) is 5.03. The first-order valence-corrected chi connectivity index (χ1v) is 6.09. The third-order valence-electron chi connectivity index (χ3n) is 3.05. The molecule has 0 aliphatic carbocycles. The molecule has 1 amide bonds. The smallest absolute Gasteiger partial charge is 0.254 e. The van der Waals surface area contributed by atoms with E-state index >= 15 is 0 Å². The summed E-state index contributed by atoms with van der Waals surface area (Å²) >= 11 is 0. The van der Waals surface area contributed by atoms with Crippen molar-refractivity contribution in [1.82, 2.24) is 9.88 Å². The monoisotopic (exact) mass is 249 g/mol. The van der Waals surface area contributed by atoms with E-state index in [1.165, 1.54) is 0 Å². The average molecular weight is 249 g/mol. The van der Waals surface area contributed by atoms with Gasteiger partial charge in [-0.25, -0.2) is 0 Å². The van der Waals surface area contributed by atoms with Crippen LogP contribution in [0.25, 0.3) is 0 Å². The largest absolute Gasteiger partial charge is 0.359 e. The third-order valence-corrected chi connectivity index (χ3v) is 3.05. The van der Waals surface area contributed by atoms with E-state index in [1.807, 2.05) is 12.1 Å². The number of carbonyl (C=O) groups is 1. The minimum Gasteiger partial charge on any atom is -0.359 e. The lowest BCUT2D eigenvalue weighted by Gasteiger charge is -2.41. The summed E-state index contributed by atoms with van der Waals surface area (Å²) in [5.41, 5.74) is 5.86. The number of ether oxygens (including phenoxy) is 1. The van der Waals surface area contributed by atoms with Crippen LogP contribution >= 0.6 is 0 Å². The van der Waals surface area contributed by atoms with Gasteiger partial charge in [-0.15, -0.1) is 0 Å². The molecular weight excluding hydrogens is 230 g/mol. The van der Waals surface area contributed by atoms with Gasteiger partial charge in [-0.2, -0.15) is 0 Å². The molecule has 0 aromatic carbocycles. The summed E-state index contributed by atoms with van der Waals surface area (Å²) in [6.07, 6.45) is 3.39. The summed E-state index contributed by atoms with van der Waals surface area (Å²) in [6, 6.07) is 3.83. The van der Waals surface area contributed by atoms with Crippen LogP contribution in [0, 0.1) is 0 Å². The predicted octanol–water partition coefficient (Wildman–Crippen LogP) is 0.546. The van der Waals surface area contributed by atoms with E-state index in [-0.39, 0.29) is 12.0 Å². The summed E-state index contributed by atoms with van der Waals surface area (Å²) in [5, 5.41) is 0. The number of carbonyl (C=O) groups excluding carboxylic acids is 1. The molecule has 1 fully saturated rings. The van der Waals surface area contributed by atoms with Crippen molar-refractivity contribution in [3.63, 3.8) is 0 Å². The Kier molecular flexibility index (Phi) is 3.63. The number of morpholine rings is 1. The second-order valence-corrected chi connectivity index (χ2v) is 5.03. The lowest BCUT2D eigenvalue weighted by Crippen LogP contribution is -2.58. The lowest BCUT2D eigenvalue weighted by atomic mass is 10.0. The van der Waals surface area contributed by atoms with E-state index in [1.54, 1.807) is 31.1 Å². The van der Waals surface area contributed by atoms with Gasteiger partial charge in [0.1, 0.15) is 5.60 Å². The fourth-order valence-electron chi connectivity index (χ4n) is 2.18. The van der Waals surface area contributed by atoms with Crippen LogP contribution in [-0.4, -0.2) is 40.6 Å². The average Bonchev–Trinajstić information content (AvgIpc) is 2.36. The van der Waals surface area contributed by atoms with Gasteiger partial charge in [-0.1, -0.05) is 6.07 Å². The summed E-state index contributed by atoms with van der Waals surface area (Å²) in [7, 11) is 0. The molecule has 1 atom stereocenters. The van der Waals surface area contributed by atoms with Crippen LogP contribution < -0.4 is 5.73 Å². The van der Waals surface area contributed by atoms with Crippen LogP contribution in [0.4, 0.5) is 0 Å². The standard InChI is InChI=1S/C13H19N3O2/c1-13(2)12(17)16(9-11(6-14)18-13)8-10-4-3-5-15-7-10/h3-5,7,11H,6,8-9,14H2,1-2H3. The van der Waals surface area contributed by atoms with Crippen molar-refractivity contribution in [2.75, 3.05) is 13.1 Å². The maximum absolute atomic E-state index is 12.3. The molecule has 0 saturated carbocycles. The normalized spacial score (nSPS) is 23.2. The molecule has 2 heterocycles. The minimum atomic E-state index is -0.801. The second kappa shape index (κ2) is 5.04. The molecular formula is C13H19N3O2. The van der Waals surface area contributed by atoms with Gasteiger partial charge in [0, 0.05) is 32.0 Å². The summed E-state index contributed by atoms with van der Waals surface area (Å²) in [5.74, 6) is -0.00365. The number of hydrogen-bond donors (Lipinski definition) is 1. The van der Waals surface area contributed by atoms with Crippen LogP contribution in [0.3, 0.4) is 0 Å². The first kappa shape index (κ1) is 13.0. The van der Waals surface area contributed by atoms with E-state index in [2.05, 4.69) is 4.98 Å². The van der Waals surface area contributed by atoms with Crippen molar-refractivity contribution in [2.45, 2.75) is 32.1 Å². The molecule has 98 valence electrons. The molecule has 18 heavy (non-hydrogen) atoms. The van der Waals surface area contributed by atoms with Gasteiger partial charge >= 0.3 is 0 Å². The van der Waals surface area contributed by atoms with Crippen molar-refractivity contribution in [3.05, 3.63) is 30.1 Å². The van der Waals surface area contributed by atoms with E-state index in [9.17, 15) is 4.79 Å². The van der Waals surface area contributed by atoms with Crippen LogP contribution in [-0.2, 0) is 16.1 Å². The van der Waals surface area contributed by atoms with Gasteiger partial charge in [0.05, 0.1) is 6.10 Å². The Bertz CT molecular complexity index is 420. The zero-order valence-electron chi connectivity index (χ0n) is 10.8. The molecule has 2 N–H and O–H groups in total. The zero-order chi connectivity index (χ0) is 13.2. The van der Waals surface area contributed by atoms with Gasteiger partial charge in [0.2, 0.25) is 0 Å². The summed E-state index contributed by atoms with van der Waals surface area (Å²) in [6.45, 7) is 5.07. The third kappa shape index (κ3) is 2.68. The predicted molar refractivity (Wildman–Crippen MR) is 67.7 cm³/mol. The molecule has 0 spiro atoms. The molecule has 1 saturated heterocycles. The van der Waals surface area contributed by atoms with Crippen molar-refractivity contribution in [1.29, 1.82) is 0 Å². The Morgan fingerprint density at radius 3 is 3.00 bits per heavy atom. The molecule has 0 radical (unpaired) electrons. The number of aromatic nitrogens is 1. The molecule has 1 unspecified atom stereocenters. The fraction of sp³-hybridized carbons (Fsp3) is 0.538. The van der Waals surface area contributed by atoms with E-state index in [4.69, 9.17) is 10.5 Å². The maximum Gasteiger partial charge on any atom is 0.254 e. The molecule has 1 aromatic heterocycles. The highest BCUT2D eigenvalue weighted by atomic mass is 16.5. The van der Waals surface area contributed by atoms with Gasteiger partial charge < -0.3 is 15.4 Å². The van der Waals surface area contributed by atoms with Crippen LogP contribution in [0.15, 0.2) is 24.5 Å². The number of hydrogen-bond acceptors (Lipinski definition) is 4. The van der Waals surface area contributed by atoms with Crippen molar-refractivity contribution in [3.8, 4) is 0 Å². The Hall–Kier alpha value is -1.46. The van der Waals surface area contributed by atoms with Crippen LogP contribution in [0.2, 0.25) is 0 Å². The molecule has 2 rings (SSSR count). The Balaban J connectivity index is 2.13. The van der Waals surface area contributed by atoms with E-state index in [0.29, 0.717) is 19.6 Å². The highest BCUT2D eigenvalue weighted by Gasteiger charge is 2.40. The SMILES string of the molecule is CC1(C)OC(CN)CN(Cc2cccnc2)C1=O. The highest BCUT2D eigenvalue weighted by molar-refractivity contribution is 5.85. The van der Waals surface area contributed by atoms with Crippen LogP contribution in [0.5, 0.6) is 0 Å². The lowest BCUT2D eigenvalue weighted by molar-refractivity contribution is -0.179. The van der Waals surface area contributed by atoms with Gasteiger partial charge in [0.25, 0.3) is 5.91 Å². The maximum atomic E-state index is 12.3. The zero-order valence-corrected chi connectivity index (χ0v) is 10.8. The van der Waals surface area contributed by atoms with Crippen molar-refractivity contribution >= 4 is 5.91 Å². The van der Waals surface area contributed by atoms with Gasteiger partial charge in [-0.05, 0) is 25.5 Å². The van der Waals surface area contributed by atoms with Crippen molar-refractivity contribution < 1.29 is 9.53 Å². The van der Waals surface area contributed by atoms with E-state index in [0.717, 1.165) is 5.56 Å². The van der Waals surface area contributed by atoms with Gasteiger partial charge in [-0.3, -0.25) is 9.78 Å². The number of pyridine rings is 1. The molecule has 5 heteroatoms. The number of amides is 1. The number of nitrogens with zero attached hydrogens (tertiary/aromatic N) is 2. The van der Waals surface area contributed by atoms with Crippen LogP contribution in [0.1, 0.15) is 19.4 Å². The summed E-state index contributed by atoms with van der Waals surface area (Å²) in [4.78, 5) is 18.1. The number of nitrogens with two attached hydrogens (primary N) is 1. The molecule has 1 aliphatic rings. The molecule has 1 aliphatic heterocycles.